The van der Waals surface area contributed by atoms with Gasteiger partial charge in [-0.3, -0.25) is 4.79 Å². The molecule has 1 atom stereocenters. The summed E-state index contributed by atoms with van der Waals surface area (Å²) in [7, 11) is 0. The van der Waals surface area contributed by atoms with Gasteiger partial charge in [-0.05, 0) is 32.4 Å². The van der Waals surface area contributed by atoms with Crippen molar-refractivity contribution in [1.82, 2.24) is 10.5 Å². The van der Waals surface area contributed by atoms with Crippen molar-refractivity contribution in [3.05, 3.63) is 76.0 Å². The molecule has 25 heavy (non-hydrogen) atoms. The fourth-order valence-electron chi connectivity index (χ4n) is 2.68. The first kappa shape index (κ1) is 17.2. The van der Waals surface area contributed by atoms with Crippen LogP contribution in [0, 0.1) is 13.8 Å². The Morgan fingerprint density at radius 1 is 1.12 bits per heavy atom. The Morgan fingerprint density at radius 3 is 2.48 bits per heavy atom. The standard InChI is InChI=1S/C20H19ClN2O2/c1-12-8-10-15(11-9-12)13(2)22-20(24)18-14(3)25-23-19(18)16-6-4-5-7-17(16)21/h4-11,13H,1-3H3,(H,22,24). The fourth-order valence-corrected chi connectivity index (χ4v) is 2.91. The summed E-state index contributed by atoms with van der Waals surface area (Å²) in [6, 6.07) is 15.2. The van der Waals surface area contributed by atoms with Crippen molar-refractivity contribution in [1.29, 1.82) is 0 Å². The van der Waals surface area contributed by atoms with Crippen LogP contribution in [-0.2, 0) is 0 Å². The zero-order chi connectivity index (χ0) is 18.0. The number of carbonyl (C=O) groups is 1. The van der Waals surface area contributed by atoms with Gasteiger partial charge in [0.05, 0.1) is 11.1 Å². The third kappa shape index (κ3) is 3.59. The van der Waals surface area contributed by atoms with Gasteiger partial charge in [0.15, 0.2) is 0 Å². The number of rotatable bonds is 4. The van der Waals surface area contributed by atoms with Gasteiger partial charge in [-0.1, -0.05) is 64.8 Å². The van der Waals surface area contributed by atoms with Crippen LogP contribution < -0.4 is 5.32 Å². The van der Waals surface area contributed by atoms with Crippen molar-refractivity contribution in [2.24, 2.45) is 0 Å². The molecule has 5 heteroatoms. The Labute approximate surface area is 151 Å². The van der Waals surface area contributed by atoms with E-state index in [1.54, 1.807) is 13.0 Å². The molecule has 2 aromatic carbocycles. The maximum absolute atomic E-state index is 12.8. The van der Waals surface area contributed by atoms with E-state index in [2.05, 4.69) is 10.5 Å². The summed E-state index contributed by atoms with van der Waals surface area (Å²) < 4.78 is 5.26. The minimum Gasteiger partial charge on any atom is -0.360 e. The molecule has 0 aliphatic heterocycles. The number of hydrogen-bond acceptors (Lipinski definition) is 3. The van der Waals surface area contributed by atoms with E-state index in [9.17, 15) is 4.79 Å². The summed E-state index contributed by atoms with van der Waals surface area (Å²) in [4.78, 5) is 12.8. The normalized spacial score (nSPS) is 12.0. The van der Waals surface area contributed by atoms with Crippen LogP contribution >= 0.6 is 11.6 Å². The summed E-state index contributed by atoms with van der Waals surface area (Å²) in [6.07, 6.45) is 0. The van der Waals surface area contributed by atoms with Gasteiger partial charge in [0.25, 0.3) is 5.91 Å². The zero-order valence-corrected chi connectivity index (χ0v) is 15.1. The summed E-state index contributed by atoms with van der Waals surface area (Å²) in [6.45, 7) is 5.70. The van der Waals surface area contributed by atoms with Crippen molar-refractivity contribution >= 4 is 17.5 Å². The zero-order valence-electron chi connectivity index (χ0n) is 14.3. The molecule has 128 valence electrons. The maximum atomic E-state index is 12.8. The molecule has 3 aromatic rings. The first-order chi connectivity index (χ1) is 12.0. The lowest BCUT2D eigenvalue weighted by atomic mass is 10.0. The van der Waals surface area contributed by atoms with Crippen LogP contribution in [0.2, 0.25) is 5.02 Å². The number of carbonyl (C=O) groups excluding carboxylic acids is 1. The minimum atomic E-state index is -0.234. The lowest BCUT2D eigenvalue weighted by molar-refractivity contribution is 0.0939. The molecular formula is C20H19ClN2O2. The van der Waals surface area contributed by atoms with E-state index in [-0.39, 0.29) is 11.9 Å². The highest BCUT2D eigenvalue weighted by Crippen LogP contribution is 2.31. The number of aryl methyl sites for hydroxylation is 2. The van der Waals surface area contributed by atoms with Crippen LogP contribution in [0.25, 0.3) is 11.3 Å². The van der Waals surface area contributed by atoms with E-state index in [0.717, 1.165) is 5.56 Å². The third-order valence-electron chi connectivity index (χ3n) is 4.14. The molecule has 1 heterocycles. The number of nitrogens with zero attached hydrogens (tertiary/aromatic N) is 1. The van der Waals surface area contributed by atoms with Crippen molar-refractivity contribution < 1.29 is 9.32 Å². The van der Waals surface area contributed by atoms with E-state index in [0.29, 0.717) is 27.6 Å². The first-order valence-corrected chi connectivity index (χ1v) is 8.43. The number of benzene rings is 2. The van der Waals surface area contributed by atoms with Crippen LogP contribution in [0.15, 0.2) is 53.1 Å². The molecule has 1 aromatic heterocycles. The minimum absolute atomic E-state index is 0.138. The lowest BCUT2D eigenvalue weighted by Crippen LogP contribution is -2.27. The Morgan fingerprint density at radius 2 is 1.80 bits per heavy atom. The Bertz CT molecular complexity index is 900. The van der Waals surface area contributed by atoms with Crippen LogP contribution in [-0.4, -0.2) is 11.1 Å². The van der Waals surface area contributed by atoms with Crippen molar-refractivity contribution in [3.63, 3.8) is 0 Å². The highest BCUT2D eigenvalue weighted by molar-refractivity contribution is 6.33. The average Bonchev–Trinajstić information content (AvgIpc) is 2.97. The number of hydrogen-bond donors (Lipinski definition) is 1. The monoisotopic (exact) mass is 354 g/mol. The highest BCUT2D eigenvalue weighted by atomic mass is 35.5. The Hall–Kier alpha value is -2.59. The summed E-state index contributed by atoms with van der Waals surface area (Å²) in [5.41, 5.74) is 3.75. The molecule has 0 radical (unpaired) electrons. The molecule has 0 saturated carbocycles. The molecule has 1 unspecified atom stereocenters. The van der Waals surface area contributed by atoms with E-state index < -0.39 is 0 Å². The third-order valence-corrected chi connectivity index (χ3v) is 4.47. The van der Waals surface area contributed by atoms with Gasteiger partial charge in [0.1, 0.15) is 17.0 Å². The molecular weight excluding hydrogens is 336 g/mol. The number of halogens is 1. The van der Waals surface area contributed by atoms with Gasteiger partial charge in [0, 0.05) is 5.56 Å². The lowest BCUT2D eigenvalue weighted by Gasteiger charge is -2.15. The molecule has 3 rings (SSSR count). The molecule has 0 spiro atoms. The first-order valence-electron chi connectivity index (χ1n) is 8.06. The second-order valence-electron chi connectivity index (χ2n) is 6.05. The SMILES string of the molecule is Cc1ccc(C(C)NC(=O)c2c(-c3ccccc3Cl)noc2C)cc1. The van der Waals surface area contributed by atoms with Crippen molar-refractivity contribution in [2.75, 3.05) is 0 Å². The largest absolute Gasteiger partial charge is 0.360 e. The number of aromatic nitrogens is 1. The smallest absolute Gasteiger partial charge is 0.257 e. The molecule has 1 N–H and O–H groups in total. The maximum Gasteiger partial charge on any atom is 0.257 e. The van der Waals surface area contributed by atoms with Gasteiger partial charge in [0.2, 0.25) is 0 Å². The van der Waals surface area contributed by atoms with E-state index in [1.165, 1.54) is 5.56 Å². The molecule has 1 amide bonds. The van der Waals surface area contributed by atoms with Gasteiger partial charge in [-0.2, -0.15) is 0 Å². The average molecular weight is 355 g/mol. The second-order valence-corrected chi connectivity index (χ2v) is 6.46. The molecule has 0 aliphatic carbocycles. The quantitative estimate of drug-likeness (QED) is 0.708. The van der Waals surface area contributed by atoms with Gasteiger partial charge in [-0.25, -0.2) is 0 Å². The molecule has 4 nitrogen and oxygen atoms in total. The van der Waals surface area contributed by atoms with Crippen LogP contribution in [0.4, 0.5) is 0 Å². The number of amides is 1. The van der Waals surface area contributed by atoms with E-state index in [4.69, 9.17) is 16.1 Å². The van der Waals surface area contributed by atoms with Crippen LogP contribution in [0.1, 0.15) is 40.2 Å². The molecule has 0 fully saturated rings. The Kier molecular flexibility index (Phi) is 4.91. The highest BCUT2D eigenvalue weighted by Gasteiger charge is 2.24. The summed E-state index contributed by atoms with van der Waals surface area (Å²) >= 11 is 6.25. The summed E-state index contributed by atoms with van der Waals surface area (Å²) in [5, 5.41) is 7.57. The van der Waals surface area contributed by atoms with E-state index >= 15 is 0 Å². The van der Waals surface area contributed by atoms with Gasteiger partial charge >= 0.3 is 0 Å². The van der Waals surface area contributed by atoms with Crippen molar-refractivity contribution in [3.8, 4) is 11.3 Å². The van der Waals surface area contributed by atoms with Gasteiger partial charge in [-0.15, -0.1) is 0 Å². The number of nitrogens with one attached hydrogen (secondary N) is 1. The molecule has 0 saturated heterocycles. The van der Waals surface area contributed by atoms with Gasteiger partial charge < -0.3 is 9.84 Å². The van der Waals surface area contributed by atoms with E-state index in [1.807, 2.05) is 56.3 Å². The van der Waals surface area contributed by atoms with Crippen LogP contribution in [0.3, 0.4) is 0 Å². The molecule has 0 aliphatic rings. The fraction of sp³-hybridized carbons (Fsp3) is 0.200. The predicted molar refractivity (Wildman–Crippen MR) is 98.7 cm³/mol. The Balaban J connectivity index is 1.89. The second kappa shape index (κ2) is 7.11. The van der Waals surface area contributed by atoms with Crippen molar-refractivity contribution in [2.45, 2.75) is 26.8 Å². The predicted octanol–water partition coefficient (Wildman–Crippen LogP) is 5.10. The summed E-state index contributed by atoms with van der Waals surface area (Å²) in [5.74, 6) is 0.227. The topological polar surface area (TPSA) is 55.1 Å². The van der Waals surface area contributed by atoms with Crippen LogP contribution in [0.5, 0.6) is 0 Å². The molecule has 0 bridgehead atoms.